The first-order valence-electron chi connectivity index (χ1n) is 8.29. The molecule has 1 aliphatic rings. The van der Waals surface area contributed by atoms with Crippen molar-refractivity contribution in [3.05, 3.63) is 53.6 Å². The summed E-state index contributed by atoms with van der Waals surface area (Å²) in [6, 6.07) is 4.43. The van der Waals surface area contributed by atoms with Crippen molar-refractivity contribution in [2.45, 2.75) is 32.5 Å². The third-order valence-electron chi connectivity index (χ3n) is 4.74. The molecule has 2 heterocycles. The van der Waals surface area contributed by atoms with Crippen molar-refractivity contribution in [2.75, 3.05) is 13.1 Å². The Morgan fingerprint density at radius 3 is 2.36 bits per heavy atom. The highest BCUT2D eigenvalue weighted by molar-refractivity contribution is 5.94. The van der Waals surface area contributed by atoms with E-state index < -0.39 is 11.7 Å². The number of rotatable bonds is 3. The average molecular weight is 351 g/mol. The lowest BCUT2D eigenvalue weighted by molar-refractivity contribution is -0.137. The van der Waals surface area contributed by atoms with Gasteiger partial charge in [0.25, 0.3) is 5.91 Å². The summed E-state index contributed by atoms with van der Waals surface area (Å²) in [4.78, 5) is 18.4. The lowest BCUT2D eigenvalue weighted by atomic mass is 9.96. The van der Waals surface area contributed by atoms with Crippen molar-refractivity contribution in [2.24, 2.45) is 5.92 Å². The molecule has 1 aromatic carbocycles. The van der Waals surface area contributed by atoms with Crippen LogP contribution in [0.25, 0.3) is 0 Å². The van der Waals surface area contributed by atoms with Crippen LogP contribution in [0.1, 0.15) is 34.6 Å². The van der Waals surface area contributed by atoms with Gasteiger partial charge in [-0.3, -0.25) is 4.79 Å². The van der Waals surface area contributed by atoms with Gasteiger partial charge in [-0.25, -0.2) is 4.98 Å². The summed E-state index contributed by atoms with van der Waals surface area (Å²) in [6.45, 7) is 4.09. The van der Waals surface area contributed by atoms with E-state index in [4.69, 9.17) is 0 Å². The molecule has 0 saturated carbocycles. The molecule has 0 radical (unpaired) electrons. The van der Waals surface area contributed by atoms with Crippen LogP contribution in [0.15, 0.2) is 36.7 Å². The maximum absolute atomic E-state index is 12.6. The number of likely N-dealkylation sites (tertiary alicyclic amines) is 1. The third kappa shape index (κ3) is 4.03. The van der Waals surface area contributed by atoms with Gasteiger partial charge < -0.3 is 9.47 Å². The maximum Gasteiger partial charge on any atom is 0.416 e. The van der Waals surface area contributed by atoms with E-state index in [1.165, 1.54) is 12.1 Å². The van der Waals surface area contributed by atoms with Crippen molar-refractivity contribution < 1.29 is 18.0 Å². The zero-order valence-electron chi connectivity index (χ0n) is 14.0. The molecule has 0 bridgehead atoms. The second-order valence-electron chi connectivity index (χ2n) is 6.44. The fraction of sp³-hybridized carbons (Fsp3) is 0.444. The molecule has 0 aliphatic carbocycles. The average Bonchev–Trinajstić information content (AvgIpc) is 2.99. The summed E-state index contributed by atoms with van der Waals surface area (Å²) in [5.74, 6) is 1.25. The number of nitrogens with zero attached hydrogens (tertiary/aromatic N) is 3. The van der Waals surface area contributed by atoms with Gasteiger partial charge in [-0.15, -0.1) is 0 Å². The number of aryl methyl sites for hydroxylation is 1. The van der Waals surface area contributed by atoms with E-state index in [-0.39, 0.29) is 5.91 Å². The lowest BCUT2D eigenvalue weighted by Gasteiger charge is -2.32. The van der Waals surface area contributed by atoms with E-state index in [0.29, 0.717) is 24.6 Å². The van der Waals surface area contributed by atoms with Gasteiger partial charge in [-0.1, -0.05) is 0 Å². The molecule has 0 atom stereocenters. The zero-order chi connectivity index (χ0) is 18.0. The van der Waals surface area contributed by atoms with Gasteiger partial charge in [0.2, 0.25) is 0 Å². The van der Waals surface area contributed by atoms with Gasteiger partial charge in [0.05, 0.1) is 5.56 Å². The summed E-state index contributed by atoms with van der Waals surface area (Å²) >= 11 is 0. The van der Waals surface area contributed by atoms with Crippen LogP contribution >= 0.6 is 0 Å². The van der Waals surface area contributed by atoms with Crippen LogP contribution in [-0.4, -0.2) is 33.4 Å². The Bertz CT molecular complexity index is 729. The molecule has 134 valence electrons. The fourth-order valence-electron chi connectivity index (χ4n) is 3.18. The first-order chi connectivity index (χ1) is 11.8. The van der Waals surface area contributed by atoms with Gasteiger partial charge >= 0.3 is 6.18 Å². The largest absolute Gasteiger partial charge is 0.416 e. The second kappa shape index (κ2) is 6.90. The van der Waals surface area contributed by atoms with Gasteiger partial charge in [0.15, 0.2) is 0 Å². The Labute approximate surface area is 144 Å². The molecular weight excluding hydrogens is 331 g/mol. The number of carbonyl (C=O) groups excluding carboxylic acids is 1. The van der Waals surface area contributed by atoms with Crippen LogP contribution < -0.4 is 0 Å². The highest BCUT2D eigenvalue weighted by Crippen LogP contribution is 2.29. The molecule has 7 heteroatoms. The normalized spacial score (nSPS) is 16.2. The van der Waals surface area contributed by atoms with Crippen molar-refractivity contribution in [3.63, 3.8) is 0 Å². The van der Waals surface area contributed by atoms with Crippen molar-refractivity contribution in [1.29, 1.82) is 0 Å². The van der Waals surface area contributed by atoms with Crippen molar-refractivity contribution in [3.8, 4) is 0 Å². The highest BCUT2D eigenvalue weighted by Gasteiger charge is 2.31. The number of amides is 1. The molecular formula is C18H20F3N3O. The Morgan fingerprint density at radius 1 is 1.20 bits per heavy atom. The molecule has 0 spiro atoms. The van der Waals surface area contributed by atoms with E-state index in [0.717, 1.165) is 37.3 Å². The van der Waals surface area contributed by atoms with E-state index in [2.05, 4.69) is 9.55 Å². The van der Waals surface area contributed by atoms with Crippen LogP contribution in [0.3, 0.4) is 0 Å². The van der Waals surface area contributed by atoms with E-state index in [9.17, 15) is 18.0 Å². The molecule has 0 unspecified atom stereocenters. The number of carbonyl (C=O) groups is 1. The topological polar surface area (TPSA) is 38.1 Å². The molecule has 3 rings (SSSR count). The molecule has 25 heavy (non-hydrogen) atoms. The predicted molar refractivity (Wildman–Crippen MR) is 87.0 cm³/mol. The molecule has 1 amide bonds. The van der Waals surface area contributed by atoms with Gasteiger partial charge in [0.1, 0.15) is 5.82 Å². The molecule has 4 nitrogen and oxygen atoms in total. The van der Waals surface area contributed by atoms with Crippen LogP contribution in [0, 0.1) is 12.8 Å². The number of halogens is 3. The van der Waals surface area contributed by atoms with Crippen molar-refractivity contribution >= 4 is 5.91 Å². The smallest absolute Gasteiger partial charge is 0.339 e. The minimum atomic E-state index is -4.38. The molecule has 0 N–H and O–H groups in total. The number of imidazole rings is 1. The van der Waals surface area contributed by atoms with Gasteiger partial charge in [-0.05, 0) is 49.9 Å². The molecule has 1 saturated heterocycles. The van der Waals surface area contributed by atoms with Crippen LogP contribution in [0.4, 0.5) is 13.2 Å². The van der Waals surface area contributed by atoms with Gasteiger partial charge in [-0.2, -0.15) is 13.2 Å². The predicted octanol–water partition coefficient (Wildman–Crippen LogP) is 3.76. The van der Waals surface area contributed by atoms with E-state index in [1.807, 2.05) is 13.1 Å². The minimum Gasteiger partial charge on any atom is -0.339 e. The number of benzene rings is 1. The molecule has 2 aromatic rings. The monoisotopic (exact) mass is 351 g/mol. The first kappa shape index (κ1) is 17.5. The Morgan fingerprint density at radius 2 is 1.84 bits per heavy atom. The number of aromatic nitrogens is 2. The van der Waals surface area contributed by atoms with E-state index in [1.54, 1.807) is 11.1 Å². The first-order valence-corrected chi connectivity index (χ1v) is 8.29. The minimum absolute atomic E-state index is 0.203. The Hall–Kier alpha value is -2.31. The fourth-order valence-corrected chi connectivity index (χ4v) is 3.18. The quantitative estimate of drug-likeness (QED) is 0.844. The number of alkyl halides is 3. The number of hydrogen-bond acceptors (Lipinski definition) is 2. The summed E-state index contributed by atoms with van der Waals surface area (Å²) in [7, 11) is 0. The molecule has 1 aliphatic heterocycles. The third-order valence-corrected chi connectivity index (χ3v) is 4.74. The Balaban J connectivity index is 1.57. The Kier molecular flexibility index (Phi) is 4.83. The second-order valence-corrected chi connectivity index (χ2v) is 6.44. The van der Waals surface area contributed by atoms with Crippen LogP contribution in [0.2, 0.25) is 0 Å². The number of hydrogen-bond donors (Lipinski definition) is 0. The van der Waals surface area contributed by atoms with Crippen LogP contribution in [-0.2, 0) is 12.7 Å². The summed E-state index contributed by atoms with van der Waals surface area (Å²) in [5.41, 5.74) is -0.435. The maximum atomic E-state index is 12.6. The summed E-state index contributed by atoms with van der Waals surface area (Å²) in [5, 5.41) is 0. The summed E-state index contributed by atoms with van der Waals surface area (Å²) < 4.78 is 39.9. The zero-order valence-corrected chi connectivity index (χ0v) is 14.0. The van der Waals surface area contributed by atoms with Crippen LogP contribution in [0.5, 0.6) is 0 Å². The highest BCUT2D eigenvalue weighted by atomic mass is 19.4. The summed E-state index contributed by atoms with van der Waals surface area (Å²) in [6.07, 6.45) is 1.10. The van der Waals surface area contributed by atoms with Crippen molar-refractivity contribution in [1.82, 2.24) is 14.5 Å². The molecule has 1 fully saturated rings. The lowest BCUT2D eigenvalue weighted by Crippen LogP contribution is -2.39. The SMILES string of the molecule is Cc1nccn1CC1CCN(C(=O)c2ccc(C(F)(F)F)cc2)CC1. The molecule has 1 aromatic heterocycles. The standard InChI is InChI=1S/C18H20F3N3O/c1-13-22-8-11-24(13)12-14-6-9-23(10-7-14)17(25)15-2-4-16(5-3-15)18(19,20)21/h2-5,8,11,14H,6-7,9-10,12H2,1H3. The van der Waals surface area contributed by atoms with E-state index >= 15 is 0 Å². The number of piperidine rings is 1. The van der Waals surface area contributed by atoms with Gasteiger partial charge in [0, 0.05) is 37.6 Å².